The summed E-state index contributed by atoms with van der Waals surface area (Å²) >= 11 is 1.57. The van der Waals surface area contributed by atoms with Gasteiger partial charge in [0.05, 0.1) is 17.5 Å². The molecular weight excluding hydrogens is 344 g/mol. The van der Waals surface area contributed by atoms with E-state index < -0.39 is 0 Å². The molecule has 1 N–H and O–H groups in total. The third-order valence-corrected chi connectivity index (χ3v) is 5.19. The molecule has 1 amide bonds. The van der Waals surface area contributed by atoms with E-state index in [0.717, 1.165) is 33.9 Å². The highest BCUT2D eigenvalue weighted by Crippen LogP contribution is 2.23. The Morgan fingerprint density at radius 1 is 1.04 bits per heavy atom. The van der Waals surface area contributed by atoms with Crippen LogP contribution in [0.3, 0.4) is 0 Å². The number of carbonyl (C=O) groups excluding carboxylic acids is 1. The van der Waals surface area contributed by atoms with E-state index in [2.05, 4.69) is 10.5 Å². The predicted molar refractivity (Wildman–Crippen MR) is 105 cm³/mol. The smallest absolute Gasteiger partial charge is 0.230 e. The maximum absolute atomic E-state index is 12.5. The van der Waals surface area contributed by atoms with Crippen molar-refractivity contribution in [1.82, 2.24) is 10.5 Å². The van der Waals surface area contributed by atoms with Gasteiger partial charge in [-0.2, -0.15) is 0 Å². The Morgan fingerprint density at radius 2 is 1.62 bits per heavy atom. The number of benzene rings is 2. The zero-order valence-electron chi connectivity index (χ0n) is 14.9. The zero-order chi connectivity index (χ0) is 18.4. The minimum absolute atomic E-state index is 0.0134. The minimum atomic E-state index is -0.149. The summed E-state index contributed by atoms with van der Waals surface area (Å²) in [5.74, 6) is 1.94. The molecule has 4 nitrogen and oxygen atoms in total. The van der Waals surface area contributed by atoms with Crippen molar-refractivity contribution in [2.75, 3.05) is 5.75 Å². The maximum Gasteiger partial charge on any atom is 0.230 e. The molecule has 0 aliphatic rings. The number of amides is 1. The number of hydrogen-bond acceptors (Lipinski definition) is 4. The van der Waals surface area contributed by atoms with Crippen LogP contribution in [-0.2, 0) is 10.5 Å². The highest BCUT2D eigenvalue weighted by molar-refractivity contribution is 7.99. The van der Waals surface area contributed by atoms with Crippen LogP contribution in [0.1, 0.15) is 34.2 Å². The molecule has 26 heavy (non-hydrogen) atoms. The van der Waals surface area contributed by atoms with Crippen LogP contribution in [0.15, 0.2) is 65.2 Å². The first kappa shape index (κ1) is 18.3. The van der Waals surface area contributed by atoms with Crippen molar-refractivity contribution >= 4 is 17.7 Å². The topological polar surface area (TPSA) is 55.1 Å². The van der Waals surface area contributed by atoms with E-state index >= 15 is 0 Å². The first-order valence-corrected chi connectivity index (χ1v) is 9.69. The number of hydrogen-bond donors (Lipinski definition) is 1. The van der Waals surface area contributed by atoms with Crippen LogP contribution < -0.4 is 5.32 Å². The molecule has 2 aromatic carbocycles. The summed E-state index contributed by atoms with van der Waals surface area (Å²) in [7, 11) is 0. The monoisotopic (exact) mass is 366 g/mol. The van der Waals surface area contributed by atoms with Gasteiger partial charge in [0.25, 0.3) is 0 Å². The second kappa shape index (κ2) is 8.72. The van der Waals surface area contributed by atoms with Crippen LogP contribution in [0.5, 0.6) is 0 Å². The number of aryl methyl sites for hydroxylation is 2. The molecule has 0 saturated carbocycles. The van der Waals surface area contributed by atoms with E-state index in [-0.39, 0.29) is 11.9 Å². The van der Waals surface area contributed by atoms with Crippen LogP contribution in [0.2, 0.25) is 0 Å². The fraction of sp³-hybridized carbons (Fsp3) is 0.238. The molecule has 3 aromatic rings. The third kappa shape index (κ3) is 4.55. The number of rotatable bonds is 7. The minimum Gasteiger partial charge on any atom is -0.361 e. The van der Waals surface area contributed by atoms with E-state index in [4.69, 9.17) is 4.52 Å². The van der Waals surface area contributed by atoms with Crippen LogP contribution >= 0.6 is 11.8 Å². The van der Waals surface area contributed by atoms with Gasteiger partial charge in [0.15, 0.2) is 0 Å². The van der Waals surface area contributed by atoms with Crippen molar-refractivity contribution in [3.63, 3.8) is 0 Å². The van der Waals surface area contributed by atoms with Crippen molar-refractivity contribution in [3.8, 4) is 0 Å². The van der Waals surface area contributed by atoms with Gasteiger partial charge in [-0.05, 0) is 25.0 Å². The average Bonchev–Trinajstić information content (AvgIpc) is 2.99. The summed E-state index contributed by atoms with van der Waals surface area (Å²) in [6.45, 7) is 3.82. The zero-order valence-corrected chi connectivity index (χ0v) is 15.8. The van der Waals surface area contributed by atoms with E-state index in [0.29, 0.717) is 5.75 Å². The van der Waals surface area contributed by atoms with Gasteiger partial charge in [-0.1, -0.05) is 65.8 Å². The van der Waals surface area contributed by atoms with Gasteiger partial charge in [-0.3, -0.25) is 4.79 Å². The Bertz CT molecular complexity index is 788. The number of nitrogens with one attached hydrogen (secondary N) is 1. The lowest BCUT2D eigenvalue weighted by Crippen LogP contribution is -2.30. The number of carbonyl (C=O) groups is 1. The molecule has 3 rings (SSSR count). The lowest BCUT2D eigenvalue weighted by molar-refractivity contribution is -0.119. The first-order valence-electron chi connectivity index (χ1n) is 8.54. The van der Waals surface area contributed by atoms with Gasteiger partial charge in [0.2, 0.25) is 5.91 Å². The van der Waals surface area contributed by atoms with E-state index in [1.807, 2.05) is 74.5 Å². The lowest BCUT2D eigenvalue weighted by Gasteiger charge is -2.20. The first-order chi connectivity index (χ1) is 12.6. The SMILES string of the molecule is Cc1noc(C)c1CSCC(=O)NC(c1ccccc1)c1ccccc1. The van der Waals surface area contributed by atoms with Gasteiger partial charge in [0.1, 0.15) is 5.76 Å². The predicted octanol–water partition coefficient (Wildman–Crippen LogP) is 4.43. The van der Waals surface area contributed by atoms with Gasteiger partial charge in [-0.15, -0.1) is 11.8 Å². The third-order valence-electron chi connectivity index (χ3n) is 4.23. The second-order valence-corrected chi connectivity index (χ2v) is 7.10. The van der Waals surface area contributed by atoms with Crippen LogP contribution in [0, 0.1) is 13.8 Å². The molecule has 0 radical (unpaired) electrons. The summed E-state index contributed by atoms with van der Waals surface area (Å²) < 4.78 is 5.17. The highest BCUT2D eigenvalue weighted by Gasteiger charge is 2.17. The van der Waals surface area contributed by atoms with Crippen LogP contribution in [-0.4, -0.2) is 16.8 Å². The Morgan fingerprint density at radius 3 is 2.12 bits per heavy atom. The molecule has 134 valence electrons. The molecule has 0 atom stereocenters. The lowest BCUT2D eigenvalue weighted by atomic mass is 9.99. The molecule has 1 heterocycles. The van der Waals surface area contributed by atoms with Crippen molar-refractivity contribution in [3.05, 3.63) is 88.8 Å². The summed E-state index contributed by atoms with van der Waals surface area (Å²) in [5.41, 5.74) is 4.11. The normalized spacial score (nSPS) is 10.9. The molecule has 0 saturated heterocycles. The number of thioether (sulfide) groups is 1. The van der Waals surface area contributed by atoms with Crippen molar-refractivity contribution in [2.45, 2.75) is 25.6 Å². The molecule has 0 unspecified atom stereocenters. The molecule has 0 spiro atoms. The highest BCUT2D eigenvalue weighted by atomic mass is 32.2. The molecule has 0 aliphatic carbocycles. The number of nitrogens with zero attached hydrogens (tertiary/aromatic N) is 1. The Balaban J connectivity index is 1.64. The quantitative estimate of drug-likeness (QED) is 0.672. The summed E-state index contributed by atoms with van der Waals surface area (Å²) in [5, 5.41) is 7.11. The Kier molecular flexibility index (Phi) is 6.12. The molecule has 0 aliphatic heterocycles. The van der Waals surface area contributed by atoms with Crippen molar-refractivity contribution < 1.29 is 9.32 Å². The Hall–Kier alpha value is -2.53. The van der Waals surface area contributed by atoms with Gasteiger partial charge in [0, 0.05) is 11.3 Å². The summed E-state index contributed by atoms with van der Waals surface area (Å²) in [4.78, 5) is 12.5. The molecule has 0 fully saturated rings. The fourth-order valence-electron chi connectivity index (χ4n) is 2.81. The molecule has 1 aromatic heterocycles. The van der Waals surface area contributed by atoms with Gasteiger partial charge < -0.3 is 9.84 Å². The summed E-state index contributed by atoms with van der Waals surface area (Å²) in [6, 6.07) is 19.9. The van der Waals surface area contributed by atoms with Crippen molar-refractivity contribution in [1.29, 1.82) is 0 Å². The summed E-state index contributed by atoms with van der Waals surface area (Å²) in [6.07, 6.45) is 0. The second-order valence-electron chi connectivity index (χ2n) is 6.12. The molecule has 5 heteroatoms. The van der Waals surface area contributed by atoms with E-state index in [1.165, 1.54) is 0 Å². The van der Waals surface area contributed by atoms with Gasteiger partial charge >= 0.3 is 0 Å². The molecular formula is C21H22N2O2S. The Labute approximate surface area is 158 Å². The van der Waals surface area contributed by atoms with Crippen LogP contribution in [0.25, 0.3) is 0 Å². The largest absolute Gasteiger partial charge is 0.361 e. The maximum atomic E-state index is 12.5. The van der Waals surface area contributed by atoms with Crippen molar-refractivity contribution in [2.24, 2.45) is 0 Å². The standard InChI is InChI=1S/C21H22N2O2S/c1-15-19(16(2)25-23-15)13-26-14-20(24)22-21(17-9-5-3-6-10-17)18-11-7-4-8-12-18/h3-12,21H,13-14H2,1-2H3,(H,22,24). The van der Waals surface area contributed by atoms with E-state index in [1.54, 1.807) is 11.8 Å². The number of aromatic nitrogens is 1. The molecule has 0 bridgehead atoms. The van der Waals surface area contributed by atoms with Gasteiger partial charge in [-0.25, -0.2) is 0 Å². The van der Waals surface area contributed by atoms with Crippen LogP contribution in [0.4, 0.5) is 0 Å². The average molecular weight is 366 g/mol. The van der Waals surface area contributed by atoms with E-state index in [9.17, 15) is 4.79 Å². The fourth-order valence-corrected chi connectivity index (χ4v) is 3.79.